The van der Waals surface area contributed by atoms with Crippen LogP contribution in [0.3, 0.4) is 0 Å². The van der Waals surface area contributed by atoms with Gasteiger partial charge in [-0.3, -0.25) is 0 Å². The van der Waals surface area contributed by atoms with E-state index in [1.807, 2.05) is 54.6 Å². The molecule has 0 bridgehead atoms. The Hall–Kier alpha value is -2.37. The molecule has 22 heavy (non-hydrogen) atoms. The van der Waals surface area contributed by atoms with E-state index in [1.165, 1.54) is 0 Å². The number of nitrogens with two attached hydrogens (primary N) is 1. The summed E-state index contributed by atoms with van der Waals surface area (Å²) in [6.07, 6.45) is 0. The minimum atomic E-state index is 0.307. The molecule has 5 nitrogen and oxygen atoms in total. The number of rotatable bonds is 5. The number of ether oxygens (including phenoxy) is 1. The SMILES string of the molecule is NCc1nnn(-c2ccc(Cl)cc2)c1COc1ccccc1. The Morgan fingerprint density at radius 1 is 1.05 bits per heavy atom. The van der Waals surface area contributed by atoms with Crippen molar-refractivity contribution in [1.82, 2.24) is 15.0 Å². The predicted molar refractivity (Wildman–Crippen MR) is 85.0 cm³/mol. The summed E-state index contributed by atoms with van der Waals surface area (Å²) < 4.78 is 7.52. The highest BCUT2D eigenvalue weighted by atomic mass is 35.5. The Balaban J connectivity index is 1.88. The normalized spacial score (nSPS) is 10.6. The number of para-hydroxylation sites is 1. The van der Waals surface area contributed by atoms with Crippen molar-refractivity contribution in [2.24, 2.45) is 5.73 Å². The van der Waals surface area contributed by atoms with Crippen molar-refractivity contribution >= 4 is 11.6 Å². The first kappa shape index (κ1) is 14.6. The standard InChI is InChI=1S/C16H15ClN4O/c17-12-6-8-13(9-7-12)21-16(15(10-18)19-20-21)11-22-14-4-2-1-3-5-14/h1-9H,10-11,18H2. The summed E-state index contributed by atoms with van der Waals surface area (Å²) in [5, 5.41) is 8.95. The topological polar surface area (TPSA) is 66.0 Å². The molecule has 0 radical (unpaired) electrons. The van der Waals surface area contributed by atoms with Crippen LogP contribution in [0, 0.1) is 0 Å². The second-order valence-electron chi connectivity index (χ2n) is 4.68. The van der Waals surface area contributed by atoms with E-state index in [2.05, 4.69) is 10.3 Å². The van der Waals surface area contributed by atoms with Crippen molar-refractivity contribution in [2.75, 3.05) is 0 Å². The van der Waals surface area contributed by atoms with Crippen LogP contribution >= 0.6 is 11.6 Å². The summed E-state index contributed by atoms with van der Waals surface area (Å²) in [6, 6.07) is 17.0. The van der Waals surface area contributed by atoms with Gasteiger partial charge in [0.2, 0.25) is 0 Å². The molecule has 0 spiro atoms. The van der Waals surface area contributed by atoms with Gasteiger partial charge in [-0.25, -0.2) is 4.68 Å². The molecular weight excluding hydrogens is 300 g/mol. The van der Waals surface area contributed by atoms with Gasteiger partial charge in [0.1, 0.15) is 23.7 Å². The summed E-state index contributed by atoms with van der Waals surface area (Å²) in [7, 11) is 0. The predicted octanol–water partition coefficient (Wildman–Crippen LogP) is 2.96. The molecule has 0 fully saturated rings. The van der Waals surface area contributed by atoms with E-state index in [-0.39, 0.29) is 0 Å². The highest BCUT2D eigenvalue weighted by Gasteiger charge is 2.14. The number of nitrogens with zero attached hydrogens (tertiary/aromatic N) is 3. The van der Waals surface area contributed by atoms with Crippen LogP contribution in [-0.2, 0) is 13.2 Å². The summed E-state index contributed by atoms with van der Waals surface area (Å²) in [4.78, 5) is 0. The van der Waals surface area contributed by atoms with E-state index in [9.17, 15) is 0 Å². The molecule has 112 valence electrons. The lowest BCUT2D eigenvalue weighted by Crippen LogP contribution is -2.09. The summed E-state index contributed by atoms with van der Waals surface area (Å²) >= 11 is 5.92. The van der Waals surface area contributed by atoms with Gasteiger partial charge >= 0.3 is 0 Å². The monoisotopic (exact) mass is 314 g/mol. The van der Waals surface area contributed by atoms with E-state index in [0.29, 0.717) is 23.9 Å². The number of aromatic nitrogens is 3. The fraction of sp³-hybridized carbons (Fsp3) is 0.125. The molecule has 0 aliphatic carbocycles. The first-order valence-corrected chi connectivity index (χ1v) is 7.23. The maximum atomic E-state index is 5.92. The van der Waals surface area contributed by atoms with Gasteiger partial charge in [0, 0.05) is 11.6 Å². The molecular formula is C16H15ClN4O. The van der Waals surface area contributed by atoms with Gasteiger partial charge in [-0.15, -0.1) is 5.10 Å². The third-order valence-corrected chi connectivity index (χ3v) is 3.48. The van der Waals surface area contributed by atoms with Crippen molar-refractivity contribution in [3.8, 4) is 11.4 Å². The van der Waals surface area contributed by atoms with Crippen molar-refractivity contribution in [1.29, 1.82) is 0 Å². The number of hydrogen-bond acceptors (Lipinski definition) is 4. The molecule has 0 atom stereocenters. The fourth-order valence-corrected chi connectivity index (χ4v) is 2.22. The molecule has 0 aliphatic heterocycles. The maximum Gasteiger partial charge on any atom is 0.132 e. The largest absolute Gasteiger partial charge is 0.487 e. The lowest BCUT2D eigenvalue weighted by atomic mass is 10.3. The molecule has 2 aromatic carbocycles. The zero-order chi connectivity index (χ0) is 15.4. The van der Waals surface area contributed by atoms with Crippen molar-refractivity contribution in [3.63, 3.8) is 0 Å². The van der Waals surface area contributed by atoms with E-state index < -0.39 is 0 Å². The fourth-order valence-electron chi connectivity index (χ4n) is 2.09. The van der Waals surface area contributed by atoms with Crippen molar-refractivity contribution in [2.45, 2.75) is 13.2 Å². The Bertz CT molecular complexity index is 741. The molecule has 1 heterocycles. The molecule has 1 aromatic heterocycles. The molecule has 0 aliphatic rings. The highest BCUT2D eigenvalue weighted by molar-refractivity contribution is 6.30. The van der Waals surface area contributed by atoms with Crippen LogP contribution < -0.4 is 10.5 Å². The van der Waals surface area contributed by atoms with Gasteiger partial charge in [-0.1, -0.05) is 35.0 Å². The summed E-state index contributed by atoms with van der Waals surface area (Å²) in [6.45, 7) is 0.646. The van der Waals surface area contributed by atoms with Crippen LogP contribution in [0.5, 0.6) is 5.75 Å². The quantitative estimate of drug-likeness (QED) is 0.786. The van der Waals surface area contributed by atoms with Crippen molar-refractivity contribution < 1.29 is 4.74 Å². The smallest absolute Gasteiger partial charge is 0.132 e. The van der Waals surface area contributed by atoms with Gasteiger partial charge in [-0.05, 0) is 36.4 Å². The first-order valence-electron chi connectivity index (χ1n) is 6.85. The van der Waals surface area contributed by atoms with Gasteiger partial charge in [0.05, 0.1) is 5.69 Å². The first-order chi connectivity index (χ1) is 10.8. The number of hydrogen-bond donors (Lipinski definition) is 1. The third kappa shape index (κ3) is 3.10. The van der Waals surface area contributed by atoms with Crippen LogP contribution in [0.1, 0.15) is 11.4 Å². The Kier molecular flexibility index (Phi) is 4.37. The average molecular weight is 315 g/mol. The van der Waals surface area contributed by atoms with Gasteiger partial charge in [0.25, 0.3) is 0 Å². The average Bonchev–Trinajstić information content (AvgIpc) is 2.97. The second-order valence-corrected chi connectivity index (χ2v) is 5.11. The Morgan fingerprint density at radius 2 is 1.77 bits per heavy atom. The zero-order valence-electron chi connectivity index (χ0n) is 11.8. The molecule has 3 aromatic rings. The van der Waals surface area contributed by atoms with Crippen LogP contribution in [-0.4, -0.2) is 15.0 Å². The van der Waals surface area contributed by atoms with Crippen LogP contribution in [0.4, 0.5) is 0 Å². The molecule has 0 unspecified atom stereocenters. The van der Waals surface area contributed by atoms with Crippen LogP contribution in [0.25, 0.3) is 5.69 Å². The molecule has 6 heteroatoms. The van der Waals surface area contributed by atoms with Gasteiger partial charge < -0.3 is 10.5 Å². The third-order valence-electron chi connectivity index (χ3n) is 3.23. The number of benzene rings is 2. The number of halogens is 1. The minimum Gasteiger partial charge on any atom is -0.487 e. The van der Waals surface area contributed by atoms with E-state index >= 15 is 0 Å². The minimum absolute atomic E-state index is 0.307. The molecule has 0 saturated carbocycles. The molecule has 0 saturated heterocycles. The van der Waals surface area contributed by atoms with Crippen LogP contribution in [0.2, 0.25) is 5.02 Å². The van der Waals surface area contributed by atoms with E-state index in [1.54, 1.807) is 4.68 Å². The molecule has 2 N–H and O–H groups in total. The lowest BCUT2D eigenvalue weighted by molar-refractivity contribution is 0.296. The molecule has 3 rings (SSSR count). The van der Waals surface area contributed by atoms with E-state index in [4.69, 9.17) is 22.1 Å². The summed E-state index contributed by atoms with van der Waals surface area (Å²) in [5.74, 6) is 0.786. The van der Waals surface area contributed by atoms with E-state index in [0.717, 1.165) is 17.1 Å². The van der Waals surface area contributed by atoms with Gasteiger partial charge in [0.15, 0.2) is 0 Å². The zero-order valence-corrected chi connectivity index (χ0v) is 12.6. The lowest BCUT2D eigenvalue weighted by Gasteiger charge is -2.09. The van der Waals surface area contributed by atoms with Gasteiger partial charge in [-0.2, -0.15) is 0 Å². The Morgan fingerprint density at radius 3 is 2.45 bits per heavy atom. The molecule has 0 amide bonds. The Labute approximate surface area is 133 Å². The maximum absolute atomic E-state index is 5.92. The summed E-state index contributed by atoms with van der Waals surface area (Å²) in [5.41, 5.74) is 8.15. The highest BCUT2D eigenvalue weighted by Crippen LogP contribution is 2.18. The van der Waals surface area contributed by atoms with Crippen molar-refractivity contribution in [3.05, 3.63) is 71.0 Å². The second kappa shape index (κ2) is 6.60. The van der Waals surface area contributed by atoms with Crippen LogP contribution in [0.15, 0.2) is 54.6 Å².